The molecule has 0 heterocycles. The minimum Gasteiger partial charge on any atom is -0.205 e. The fourth-order valence-corrected chi connectivity index (χ4v) is 1.10. The van der Waals surface area contributed by atoms with Gasteiger partial charge < -0.3 is 0 Å². The molecule has 0 radical (unpaired) electrons. The van der Waals surface area contributed by atoms with Crippen molar-refractivity contribution >= 4 is 11.6 Å². The molecule has 0 unspecified atom stereocenters. The van der Waals surface area contributed by atoms with Gasteiger partial charge in [-0.25, -0.2) is 4.39 Å². The highest BCUT2D eigenvalue weighted by atomic mass is 35.5. The smallest absolute Gasteiger partial charge is 0.142 e. The first-order valence-electron chi connectivity index (χ1n) is 3.01. The van der Waals surface area contributed by atoms with E-state index in [4.69, 9.17) is 16.9 Å². The SMILES string of the molecule is Cc1cc(Cl)cc(F)c1C#N. The second kappa shape index (κ2) is 2.89. The Balaban J connectivity index is 3.40. The summed E-state index contributed by atoms with van der Waals surface area (Å²) in [6.07, 6.45) is 0. The number of aryl methyl sites for hydroxylation is 1. The van der Waals surface area contributed by atoms with Crippen molar-refractivity contribution in [3.8, 4) is 6.07 Å². The van der Waals surface area contributed by atoms with Gasteiger partial charge in [0.05, 0.1) is 5.56 Å². The lowest BCUT2D eigenvalue weighted by atomic mass is 10.1. The highest BCUT2D eigenvalue weighted by Gasteiger charge is 2.05. The summed E-state index contributed by atoms with van der Waals surface area (Å²) in [4.78, 5) is 0. The molecule has 0 aromatic heterocycles. The highest BCUT2D eigenvalue weighted by Crippen LogP contribution is 2.18. The first-order chi connectivity index (χ1) is 5.15. The van der Waals surface area contributed by atoms with Gasteiger partial charge in [0.1, 0.15) is 11.9 Å². The molecule has 0 aliphatic rings. The molecule has 1 aromatic carbocycles. The maximum atomic E-state index is 12.8. The average molecular weight is 170 g/mol. The van der Waals surface area contributed by atoms with E-state index < -0.39 is 5.82 Å². The maximum absolute atomic E-state index is 12.8. The Bertz CT molecular complexity index is 304. The lowest BCUT2D eigenvalue weighted by molar-refractivity contribution is 0.622. The normalized spacial score (nSPS) is 9.27. The molecule has 1 nitrogen and oxygen atoms in total. The molecule has 0 N–H and O–H groups in total. The standard InChI is InChI=1S/C8H5ClFN/c1-5-2-6(9)3-8(10)7(5)4-11/h2-3H,1H3. The molecule has 0 aliphatic carbocycles. The third-order valence-corrected chi connectivity index (χ3v) is 1.58. The second-order valence-electron chi connectivity index (χ2n) is 2.19. The summed E-state index contributed by atoms with van der Waals surface area (Å²) < 4.78 is 12.8. The van der Waals surface area contributed by atoms with Crippen molar-refractivity contribution in [1.29, 1.82) is 5.26 Å². The topological polar surface area (TPSA) is 23.8 Å². The van der Waals surface area contributed by atoms with Crippen molar-refractivity contribution in [2.24, 2.45) is 0 Å². The number of nitrogens with zero attached hydrogens (tertiary/aromatic N) is 1. The van der Waals surface area contributed by atoms with E-state index in [9.17, 15) is 4.39 Å². The van der Waals surface area contributed by atoms with Gasteiger partial charge >= 0.3 is 0 Å². The summed E-state index contributed by atoms with van der Waals surface area (Å²) in [6, 6.07) is 4.45. The van der Waals surface area contributed by atoms with Crippen molar-refractivity contribution in [3.63, 3.8) is 0 Å². The van der Waals surface area contributed by atoms with E-state index in [1.165, 1.54) is 0 Å². The maximum Gasteiger partial charge on any atom is 0.142 e. The monoisotopic (exact) mass is 169 g/mol. The van der Waals surface area contributed by atoms with Gasteiger partial charge in [0.25, 0.3) is 0 Å². The summed E-state index contributed by atoms with van der Waals surface area (Å²) in [5.41, 5.74) is 0.631. The van der Waals surface area contributed by atoms with Gasteiger partial charge in [-0.05, 0) is 24.6 Å². The van der Waals surface area contributed by atoms with Crippen LogP contribution in [0.1, 0.15) is 11.1 Å². The first kappa shape index (κ1) is 8.03. The van der Waals surface area contributed by atoms with Crippen LogP contribution in [0.2, 0.25) is 5.02 Å². The van der Waals surface area contributed by atoms with E-state index in [1.54, 1.807) is 19.1 Å². The van der Waals surface area contributed by atoms with Gasteiger partial charge in [-0.1, -0.05) is 11.6 Å². The average Bonchev–Trinajstić information content (AvgIpc) is 1.85. The minimum absolute atomic E-state index is 0.0643. The lowest BCUT2D eigenvalue weighted by Crippen LogP contribution is -1.87. The van der Waals surface area contributed by atoms with E-state index in [0.29, 0.717) is 10.6 Å². The summed E-state index contributed by atoms with van der Waals surface area (Å²) >= 11 is 5.53. The van der Waals surface area contributed by atoms with Crippen molar-refractivity contribution in [2.45, 2.75) is 6.92 Å². The van der Waals surface area contributed by atoms with E-state index in [1.807, 2.05) is 0 Å². The number of hydrogen-bond donors (Lipinski definition) is 0. The molecule has 0 atom stereocenters. The number of rotatable bonds is 0. The Morgan fingerprint density at radius 1 is 1.55 bits per heavy atom. The molecule has 1 rings (SSSR count). The zero-order valence-corrected chi connectivity index (χ0v) is 6.61. The molecular formula is C8H5ClFN. The lowest BCUT2D eigenvalue weighted by Gasteiger charge is -1.98. The van der Waals surface area contributed by atoms with Gasteiger partial charge in [0, 0.05) is 5.02 Å². The van der Waals surface area contributed by atoms with Crippen LogP contribution < -0.4 is 0 Å². The third kappa shape index (κ3) is 1.50. The molecule has 56 valence electrons. The van der Waals surface area contributed by atoms with Crippen LogP contribution in [0.5, 0.6) is 0 Å². The van der Waals surface area contributed by atoms with Crippen LogP contribution in [-0.2, 0) is 0 Å². The Morgan fingerprint density at radius 2 is 2.18 bits per heavy atom. The number of hydrogen-bond acceptors (Lipinski definition) is 1. The van der Waals surface area contributed by atoms with Gasteiger partial charge in [0.15, 0.2) is 0 Å². The Kier molecular flexibility index (Phi) is 2.11. The largest absolute Gasteiger partial charge is 0.205 e. The zero-order chi connectivity index (χ0) is 8.43. The Labute approximate surface area is 69.0 Å². The summed E-state index contributed by atoms with van der Waals surface area (Å²) in [5.74, 6) is -0.558. The van der Waals surface area contributed by atoms with Crippen LogP contribution in [0.15, 0.2) is 12.1 Å². The number of benzene rings is 1. The molecule has 0 amide bonds. The molecule has 0 saturated heterocycles. The molecule has 0 spiro atoms. The highest BCUT2D eigenvalue weighted by molar-refractivity contribution is 6.30. The van der Waals surface area contributed by atoms with Crippen LogP contribution in [0.25, 0.3) is 0 Å². The predicted octanol–water partition coefficient (Wildman–Crippen LogP) is 2.66. The van der Waals surface area contributed by atoms with Gasteiger partial charge in [-0.15, -0.1) is 0 Å². The Morgan fingerprint density at radius 3 is 2.64 bits per heavy atom. The third-order valence-electron chi connectivity index (χ3n) is 1.36. The van der Waals surface area contributed by atoms with E-state index in [0.717, 1.165) is 6.07 Å². The van der Waals surface area contributed by atoms with Gasteiger partial charge in [0.2, 0.25) is 0 Å². The van der Waals surface area contributed by atoms with Crippen LogP contribution in [0.4, 0.5) is 4.39 Å². The summed E-state index contributed by atoms with van der Waals surface area (Å²) in [6.45, 7) is 1.65. The van der Waals surface area contributed by atoms with E-state index in [-0.39, 0.29) is 5.56 Å². The Hall–Kier alpha value is -1.07. The minimum atomic E-state index is -0.558. The molecule has 3 heteroatoms. The molecule has 1 aromatic rings. The number of halogens is 2. The fourth-order valence-electron chi connectivity index (χ4n) is 0.844. The molecule has 0 saturated carbocycles. The zero-order valence-electron chi connectivity index (χ0n) is 5.86. The van der Waals surface area contributed by atoms with Crippen molar-refractivity contribution in [2.75, 3.05) is 0 Å². The molecule has 0 fully saturated rings. The number of nitriles is 1. The van der Waals surface area contributed by atoms with Gasteiger partial charge in [-0.3, -0.25) is 0 Å². The van der Waals surface area contributed by atoms with E-state index >= 15 is 0 Å². The fraction of sp³-hybridized carbons (Fsp3) is 0.125. The van der Waals surface area contributed by atoms with Crippen LogP contribution in [0, 0.1) is 24.1 Å². The first-order valence-corrected chi connectivity index (χ1v) is 3.38. The van der Waals surface area contributed by atoms with E-state index in [2.05, 4.69) is 0 Å². The summed E-state index contributed by atoms with van der Waals surface area (Å²) in [5, 5.41) is 8.78. The quantitative estimate of drug-likeness (QED) is 0.586. The van der Waals surface area contributed by atoms with Crippen LogP contribution in [0.3, 0.4) is 0 Å². The van der Waals surface area contributed by atoms with Crippen LogP contribution in [-0.4, -0.2) is 0 Å². The van der Waals surface area contributed by atoms with Gasteiger partial charge in [-0.2, -0.15) is 5.26 Å². The molecule has 0 bridgehead atoms. The van der Waals surface area contributed by atoms with Crippen molar-refractivity contribution in [3.05, 3.63) is 34.1 Å². The molecular weight excluding hydrogens is 165 g/mol. The van der Waals surface area contributed by atoms with Crippen LogP contribution >= 0.6 is 11.6 Å². The molecule has 11 heavy (non-hydrogen) atoms. The second-order valence-corrected chi connectivity index (χ2v) is 2.63. The van der Waals surface area contributed by atoms with Crippen molar-refractivity contribution in [1.82, 2.24) is 0 Å². The van der Waals surface area contributed by atoms with Crippen molar-refractivity contribution < 1.29 is 4.39 Å². The predicted molar refractivity (Wildman–Crippen MR) is 40.9 cm³/mol. The summed E-state index contributed by atoms with van der Waals surface area (Å²) in [7, 11) is 0. The molecule has 0 aliphatic heterocycles.